The molecule has 0 aliphatic heterocycles. The maximum atomic E-state index is 5.24. The molecule has 0 saturated carbocycles. The Hall–Kier alpha value is -1.58. The van der Waals surface area contributed by atoms with E-state index >= 15 is 0 Å². The van der Waals surface area contributed by atoms with Gasteiger partial charge in [-0.15, -0.1) is 0 Å². The fourth-order valence-corrected chi connectivity index (χ4v) is 1.34. The van der Waals surface area contributed by atoms with E-state index in [4.69, 9.17) is 4.42 Å². The monoisotopic (exact) mass is 191 g/mol. The summed E-state index contributed by atoms with van der Waals surface area (Å²) in [5.41, 5.74) is 2.01. The van der Waals surface area contributed by atoms with Crippen molar-refractivity contribution in [1.29, 1.82) is 0 Å². The molecule has 2 rings (SSSR count). The number of imidazole rings is 1. The number of aromatic amines is 1. The predicted octanol–water partition coefficient (Wildman–Crippen LogP) is 1.80. The predicted molar refractivity (Wildman–Crippen MR) is 52.0 cm³/mol. The van der Waals surface area contributed by atoms with Crippen LogP contribution in [0.15, 0.2) is 16.9 Å². The summed E-state index contributed by atoms with van der Waals surface area (Å²) in [6.07, 6.45) is 5.13. The van der Waals surface area contributed by atoms with Crippen LogP contribution in [-0.2, 0) is 12.8 Å². The summed E-state index contributed by atoms with van der Waals surface area (Å²) < 4.78 is 5.24. The molecule has 0 bridgehead atoms. The van der Waals surface area contributed by atoms with Crippen molar-refractivity contribution in [3.8, 4) is 0 Å². The van der Waals surface area contributed by atoms with Crippen LogP contribution in [0.2, 0.25) is 0 Å². The molecule has 0 saturated heterocycles. The van der Waals surface area contributed by atoms with Crippen molar-refractivity contribution in [1.82, 2.24) is 15.0 Å². The molecule has 4 heteroatoms. The lowest BCUT2D eigenvalue weighted by atomic mass is 10.3. The van der Waals surface area contributed by atoms with Crippen LogP contribution in [0, 0.1) is 13.8 Å². The number of aromatic nitrogens is 3. The first-order valence-electron chi connectivity index (χ1n) is 4.65. The average Bonchev–Trinajstić information content (AvgIpc) is 2.72. The van der Waals surface area contributed by atoms with E-state index < -0.39 is 0 Å². The highest BCUT2D eigenvalue weighted by molar-refractivity contribution is 5.00. The lowest BCUT2D eigenvalue weighted by molar-refractivity contribution is 0.491. The molecule has 0 fully saturated rings. The fourth-order valence-electron chi connectivity index (χ4n) is 1.34. The van der Waals surface area contributed by atoms with Crippen LogP contribution >= 0.6 is 0 Å². The summed E-state index contributed by atoms with van der Waals surface area (Å²) in [6.45, 7) is 3.91. The largest absolute Gasteiger partial charge is 0.449 e. The molecule has 0 radical (unpaired) electrons. The van der Waals surface area contributed by atoms with Crippen molar-refractivity contribution in [2.75, 3.05) is 0 Å². The third kappa shape index (κ3) is 2.02. The molecule has 1 N–H and O–H groups in total. The van der Waals surface area contributed by atoms with Crippen molar-refractivity contribution in [2.45, 2.75) is 26.7 Å². The minimum absolute atomic E-state index is 0.775. The molecule has 0 amide bonds. The minimum Gasteiger partial charge on any atom is -0.449 e. The third-order valence-corrected chi connectivity index (χ3v) is 2.00. The number of hydrogen-bond acceptors (Lipinski definition) is 3. The molecule has 0 spiro atoms. The van der Waals surface area contributed by atoms with Crippen molar-refractivity contribution < 1.29 is 4.42 Å². The normalized spacial score (nSPS) is 10.7. The number of H-pyrrole nitrogens is 1. The van der Waals surface area contributed by atoms with Crippen LogP contribution in [0.25, 0.3) is 0 Å². The lowest BCUT2D eigenvalue weighted by Crippen LogP contribution is -1.93. The van der Waals surface area contributed by atoms with E-state index in [2.05, 4.69) is 15.0 Å². The maximum Gasteiger partial charge on any atom is 0.194 e. The van der Waals surface area contributed by atoms with Crippen LogP contribution in [0.5, 0.6) is 0 Å². The van der Waals surface area contributed by atoms with Gasteiger partial charge in [0.15, 0.2) is 5.89 Å². The fraction of sp³-hybridized carbons (Fsp3) is 0.400. The molecule has 0 atom stereocenters. The Morgan fingerprint density at radius 1 is 1.36 bits per heavy atom. The molecule has 74 valence electrons. The Balaban J connectivity index is 1.94. The van der Waals surface area contributed by atoms with Crippen LogP contribution in [0.3, 0.4) is 0 Å². The van der Waals surface area contributed by atoms with E-state index in [1.807, 2.05) is 20.0 Å². The second-order valence-electron chi connectivity index (χ2n) is 3.40. The summed E-state index contributed by atoms with van der Waals surface area (Å²) >= 11 is 0. The van der Waals surface area contributed by atoms with Gasteiger partial charge in [0.2, 0.25) is 0 Å². The van der Waals surface area contributed by atoms with Gasteiger partial charge >= 0.3 is 0 Å². The molecule has 0 aromatic carbocycles. The minimum atomic E-state index is 0.775. The summed E-state index contributed by atoms with van der Waals surface area (Å²) in [5, 5.41) is 0. The molecule has 2 aromatic rings. The second kappa shape index (κ2) is 3.65. The Labute approximate surface area is 82.4 Å². The Morgan fingerprint density at radius 3 is 2.79 bits per heavy atom. The number of nitrogens with one attached hydrogen (secondary N) is 1. The smallest absolute Gasteiger partial charge is 0.194 e. The summed E-state index contributed by atoms with van der Waals surface area (Å²) in [5.74, 6) is 1.76. The van der Waals surface area contributed by atoms with Crippen molar-refractivity contribution in [3.63, 3.8) is 0 Å². The van der Waals surface area contributed by atoms with Crippen LogP contribution in [0.1, 0.15) is 23.1 Å². The van der Waals surface area contributed by atoms with Gasteiger partial charge in [0.25, 0.3) is 0 Å². The number of nitrogens with zero attached hydrogens (tertiary/aromatic N) is 2. The van der Waals surface area contributed by atoms with E-state index in [9.17, 15) is 0 Å². The molecule has 2 heterocycles. The highest BCUT2D eigenvalue weighted by Crippen LogP contribution is 2.04. The summed E-state index contributed by atoms with van der Waals surface area (Å²) in [7, 11) is 0. The van der Waals surface area contributed by atoms with Crippen molar-refractivity contribution in [3.05, 3.63) is 35.6 Å². The van der Waals surface area contributed by atoms with Gasteiger partial charge in [-0.25, -0.2) is 9.97 Å². The average molecular weight is 191 g/mol. The van der Waals surface area contributed by atoms with Gasteiger partial charge in [-0.05, 0) is 13.8 Å². The Morgan fingerprint density at radius 2 is 2.21 bits per heavy atom. The number of aryl methyl sites for hydroxylation is 4. The SMILES string of the molecule is Cc1coc(CCc2ncc(C)[nH]2)n1. The molecule has 4 nitrogen and oxygen atoms in total. The van der Waals surface area contributed by atoms with E-state index in [0.717, 1.165) is 35.9 Å². The number of rotatable bonds is 3. The zero-order chi connectivity index (χ0) is 9.97. The van der Waals surface area contributed by atoms with E-state index in [1.165, 1.54) is 0 Å². The van der Waals surface area contributed by atoms with E-state index in [-0.39, 0.29) is 0 Å². The molecule has 0 aliphatic rings. The molecule has 14 heavy (non-hydrogen) atoms. The standard InChI is InChI=1S/C10H13N3O/c1-7-5-11-9(12-7)3-4-10-13-8(2)6-14-10/h5-6H,3-4H2,1-2H3,(H,11,12). The second-order valence-corrected chi connectivity index (χ2v) is 3.40. The highest BCUT2D eigenvalue weighted by atomic mass is 16.3. The first-order chi connectivity index (χ1) is 6.74. The van der Waals surface area contributed by atoms with Gasteiger partial charge in [-0.3, -0.25) is 0 Å². The van der Waals surface area contributed by atoms with Gasteiger partial charge < -0.3 is 9.40 Å². The maximum absolute atomic E-state index is 5.24. The molecular formula is C10H13N3O. The van der Waals surface area contributed by atoms with E-state index in [1.54, 1.807) is 6.26 Å². The summed E-state index contributed by atoms with van der Waals surface area (Å²) in [4.78, 5) is 11.6. The first kappa shape index (κ1) is 8.99. The van der Waals surface area contributed by atoms with Crippen LogP contribution < -0.4 is 0 Å². The van der Waals surface area contributed by atoms with Crippen molar-refractivity contribution in [2.24, 2.45) is 0 Å². The molecule has 2 aromatic heterocycles. The Bertz CT molecular complexity index is 376. The van der Waals surface area contributed by atoms with E-state index in [0.29, 0.717) is 0 Å². The van der Waals surface area contributed by atoms with Gasteiger partial charge in [0, 0.05) is 24.7 Å². The first-order valence-corrected chi connectivity index (χ1v) is 4.65. The van der Waals surface area contributed by atoms with Gasteiger partial charge in [0.05, 0.1) is 5.69 Å². The molecule has 0 aliphatic carbocycles. The number of hydrogen-bond donors (Lipinski definition) is 1. The number of oxazole rings is 1. The van der Waals surface area contributed by atoms with Gasteiger partial charge in [0.1, 0.15) is 12.1 Å². The van der Waals surface area contributed by atoms with Gasteiger partial charge in [-0.1, -0.05) is 0 Å². The quantitative estimate of drug-likeness (QED) is 0.804. The Kier molecular flexibility index (Phi) is 2.35. The topological polar surface area (TPSA) is 54.7 Å². The van der Waals surface area contributed by atoms with Gasteiger partial charge in [-0.2, -0.15) is 0 Å². The summed E-state index contributed by atoms with van der Waals surface area (Å²) in [6, 6.07) is 0. The van der Waals surface area contributed by atoms with Crippen LogP contribution in [-0.4, -0.2) is 15.0 Å². The molecule has 0 unspecified atom stereocenters. The third-order valence-electron chi connectivity index (χ3n) is 2.00. The van der Waals surface area contributed by atoms with Crippen LogP contribution in [0.4, 0.5) is 0 Å². The zero-order valence-corrected chi connectivity index (χ0v) is 8.37. The molecular weight excluding hydrogens is 178 g/mol. The highest BCUT2D eigenvalue weighted by Gasteiger charge is 2.03. The van der Waals surface area contributed by atoms with Crippen molar-refractivity contribution >= 4 is 0 Å². The zero-order valence-electron chi connectivity index (χ0n) is 8.37. The lowest BCUT2D eigenvalue weighted by Gasteiger charge is -1.92.